The van der Waals surface area contributed by atoms with Gasteiger partial charge in [0.15, 0.2) is 0 Å². The van der Waals surface area contributed by atoms with Crippen molar-refractivity contribution in [1.82, 2.24) is 14.8 Å². The molecular weight excluding hydrogens is 430 g/mol. The highest BCUT2D eigenvalue weighted by molar-refractivity contribution is 6.30. The monoisotopic (exact) mass is 451 g/mol. The summed E-state index contributed by atoms with van der Waals surface area (Å²) in [4.78, 5) is 32.2. The van der Waals surface area contributed by atoms with Crippen LogP contribution >= 0.6 is 11.6 Å². The molecule has 1 unspecified atom stereocenters. The molecule has 2 aliphatic rings. The van der Waals surface area contributed by atoms with E-state index in [4.69, 9.17) is 11.6 Å². The van der Waals surface area contributed by atoms with E-state index in [0.717, 1.165) is 24.0 Å². The predicted molar refractivity (Wildman–Crippen MR) is 121 cm³/mol. The second-order valence-electron chi connectivity index (χ2n) is 8.31. The van der Waals surface area contributed by atoms with E-state index in [1.165, 1.54) is 18.0 Å². The highest BCUT2D eigenvalue weighted by atomic mass is 35.5. The lowest BCUT2D eigenvalue weighted by molar-refractivity contribution is -0.117. The van der Waals surface area contributed by atoms with Crippen molar-refractivity contribution < 1.29 is 14.7 Å². The van der Waals surface area contributed by atoms with Gasteiger partial charge < -0.3 is 10.0 Å². The van der Waals surface area contributed by atoms with Crippen molar-refractivity contribution in [2.45, 2.75) is 44.8 Å². The largest absolute Gasteiger partial charge is 0.465 e. The maximum atomic E-state index is 12.6. The van der Waals surface area contributed by atoms with E-state index in [2.05, 4.69) is 10.1 Å². The van der Waals surface area contributed by atoms with E-state index >= 15 is 0 Å². The number of amides is 2. The van der Waals surface area contributed by atoms with Crippen LogP contribution in [0.3, 0.4) is 0 Å². The Morgan fingerprint density at radius 3 is 2.50 bits per heavy atom. The second kappa shape index (κ2) is 7.63. The average molecular weight is 452 g/mol. The van der Waals surface area contributed by atoms with Crippen LogP contribution in [0.4, 0.5) is 16.2 Å². The molecule has 2 amide bonds. The van der Waals surface area contributed by atoms with Crippen LogP contribution in [0, 0.1) is 0 Å². The summed E-state index contributed by atoms with van der Waals surface area (Å²) in [5, 5.41) is 15.1. The fourth-order valence-corrected chi connectivity index (χ4v) is 4.73. The number of anilines is 2. The molecular formula is C23H22ClN5O3. The van der Waals surface area contributed by atoms with Gasteiger partial charge in [-0.2, -0.15) is 5.10 Å². The summed E-state index contributed by atoms with van der Waals surface area (Å²) < 4.78 is 1.95. The number of benzene rings is 1. The van der Waals surface area contributed by atoms with Gasteiger partial charge in [-0.25, -0.2) is 4.79 Å². The molecule has 164 valence electrons. The minimum absolute atomic E-state index is 0.168. The summed E-state index contributed by atoms with van der Waals surface area (Å²) in [6.45, 7) is 3.32. The Labute approximate surface area is 190 Å². The van der Waals surface area contributed by atoms with Gasteiger partial charge in [0, 0.05) is 31.1 Å². The number of carbonyl (C=O) groups excluding carboxylic acids is 1. The highest BCUT2D eigenvalue weighted by Crippen LogP contribution is 2.46. The lowest BCUT2D eigenvalue weighted by Crippen LogP contribution is -2.53. The first kappa shape index (κ1) is 20.5. The molecule has 3 heterocycles. The maximum absolute atomic E-state index is 12.6. The third-order valence-electron chi connectivity index (χ3n) is 6.11. The SMILES string of the molecule is CC(=O)N1c2ccc(-c3cnn(C4CC4)c3)cc2N(C(=O)O)C(c2cncc(Cl)c2)[C@@H]1C. The minimum atomic E-state index is -1.11. The quantitative estimate of drug-likeness (QED) is 0.610. The standard InChI is InChI=1S/C23H22ClN5O3/c1-13-22(16-7-18(24)11-25-9-16)29(23(31)32)21-8-15(3-6-20(21)28(13)14(2)30)17-10-26-27(12-17)19-4-5-19/h3,6-13,19,22H,4-5H2,1-2H3,(H,31,32)/t13-,22?/m0/s1. The van der Waals surface area contributed by atoms with Crippen molar-refractivity contribution in [3.63, 3.8) is 0 Å². The van der Waals surface area contributed by atoms with Gasteiger partial charge in [0.25, 0.3) is 0 Å². The Balaban J connectivity index is 1.67. The van der Waals surface area contributed by atoms with Gasteiger partial charge in [0.1, 0.15) is 0 Å². The molecule has 1 aromatic carbocycles. The van der Waals surface area contributed by atoms with Crippen LogP contribution in [0.2, 0.25) is 5.02 Å². The molecule has 3 aromatic rings. The van der Waals surface area contributed by atoms with Crippen LogP contribution in [0.1, 0.15) is 44.3 Å². The Kier molecular flexibility index (Phi) is 4.89. The van der Waals surface area contributed by atoms with Crippen LogP contribution in [-0.2, 0) is 4.79 Å². The highest BCUT2D eigenvalue weighted by Gasteiger charge is 2.42. The van der Waals surface area contributed by atoms with Crippen LogP contribution in [0.15, 0.2) is 49.1 Å². The summed E-state index contributed by atoms with van der Waals surface area (Å²) >= 11 is 6.16. The van der Waals surface area contributed by atoms with E-state index in [9.17, 15) is 14.7 Å². The zero-order valence-electron chi connectivity index (χ0n) is 17.6. The van der Waals surface area contributed by atoms with Crippen LogP contribution in [0.5, 0.6) is 0 Å². The molecule has 1 N–H and O–H groups in total. The Hall–Kier alpha value is -3.39. The minimum Gasteiger partial charge on any atom is -0.465 e. The van der Waals surface area contributed by atoms with Crippen molar-refractivity contribution in [3.8, 4) is 11.1 Å². The lowest BCUT2D eigenvalue weighted by Gasteiger charge is -2.45. The first-order valence-corrected chi connectivity index (χ1v) is 10.8. The molecule has 1 fully saturated rings. The van der Waals surface area contributed by atoms with E-state index < -0.39 is 18.2 Å². The van der Waals surface area contributed by atoms with Gasteiger partial charge in [0.2, 0.25) is 5.91 Å². The number of carbonyl (C=O) groups is 2. The molecule has 0 saturated heterocycles. The number of rotatable bonds is 3. The van der Waals surface area contributed by atoms with Gasteiger partial charge >= 0.3 is 6.09 Å². The number of carboxylic acid groups (broad SMARTS) is 1. The van der Waals surface area contributed by atoms with Crippen molar-refractivity contribution in [3.05, 3.63) is 59.6 Å². The number of halogens is 1. The normalized spacial score (nSPS) is 20.2. The van der Waals surface area contributed by atoms with Crippen LogP contribution in [0.25, 0.3) is 11.1 Å². The molecule has 8 nitrogen and oxygen atoms in total. The lowest BCUT2D eigenvalue weighted by atomic mass is 9.93. The fraction of sp³-hybridized carbons (Fsp3) is 0.304. The molecule has 2 aromatic heterocycles. The zero-order valence-corrected chi connectivity index (χ0v) is 18.4. The summed E-state index contributed by atoms with van der Waals surface area (Å²) in [5.41, 5.74) is 3.35. The number of nitrogens with zero attached hydrogens (tertiary/aromatic N) is 5. The van der Waals surface area contributed by atoms with Crippen LogP contribution in [-0.4, -0.2) is 37.9 Å². The molecule has 32 heavy (non-hydrogen) atoms. The number of hydrogen-bond donors (Lipinski definition) is 1. The second-order valence-corrected chi connectivity index (χ2v) is 8.74. The smallest absolute Gasteiger partial charge is 0.412 e. The molecule has 1 aliphatic carbocycles. The van der Waals surface area contributed by atoms with E-state index in [0.29, 0.717) is 28.0 Å². The number of pyridine rings is 1. The molecule has 1 saturated carbocycles. The summed E-state index contributed by atoms with van der Waals surface area (Å²) in [6.07, 6.45) is 8.00. The van der Waals surface area contributed by atoms with Gasteiger partial charge in [-0.05, 0) is 49.1 Å². The average Bonchev–Trinajstić information content (AvgIpc) is 3.48. The number of fused-ring (bicyclic) bond motifs is 1. The molecule has 0 radical (unpaired) electrons. The van der Waals surface area contributed by atoms with E-state index in [-0.39, 0.29) is 5.91 Å². The van der Waals surface area contributed by atoms with Crippen molar-refractivity contribution in [2.75, 3.05) is 9.80 Å². The molecule has 2 atom stereocenters. The maximum Gasteiger partial charge on any atom is 0.412 e. The van der Waals surface area contributed by atoms with E-state index in [1.807, 2.05) is 29.9 Å². The van der Waals surface area contributed by atoms with Gasteiger partial charge in [-0.15, -0.1) is 0 Å². The van der Waals surface area contributed by atoms with Gasteiger partial charge in [-0.3, -0.25) is 19.4 Å². The predicted octanol–water partition coefficient (Wildman–Crippen LogP) is 4.91. The molecule has 0 spiro atoms. The first-order valence-electron chi connectivity index (χ1n) is 10.5. The summed E-state index contributed by atoms with van der Waals surface area (Å²) in [6, 6.07) is 6.53. The zero-order chi connectivity index (χ0) is 22.6. The Bertz CT molecular complexity index is 1220. The fourth-order valence-electron chi connectivity index (χ4n) is 4.55. The Morgan fingerprint density at radius 2 is 1.84 bits per heavy atom. The van der Waals surface area contributed by atoms with Gasteiger partial charge in [0.05, 0.1) is 40.7 Å². The molecule has 5 rings (SSSR count). The van der Waals surface area contributed by atoms with E-state index in [1.54, 1.807) is 29.4 Å². The van der Waals surface area contributed by atoms with Crippen LogP contribution < -0.4 is 9.80 Å². The third kappa shape index (κ3) is 3.40. The van der Waals surface area contributed by atoms with Crippen molar-refractivity contribution >= 4 is 35.0 Å². The Morgan fingerprint density at radius 1 is 1.06 bits per heavy atom. The molecule has 1 aliphatic heterocycles. The molecule has 0 bridgehead atoms. The first-order chi connectivity index (χ1) is 15.3. The number of hydrogen-bond acceptors (Lipinski definition) is 4. The van der Waals surface area contributed by atoms with Crippen molar-refractivity contribution in [2.24, 2.45) is 0 Å². The van der Waals surface area contributed by atoms with Crippen molar-refractivity contribution in [1.29, 1.82) is 0 Å². The summed E-state index contributed by atoms with van der Waals surface area (Å²) in [7, 11) is 0. The van der Waals surface area contributed by atoms with Gasteiger partial charge in [-0.1, -0.05) is 17.7 Å². The summed E-state index contributed by atoms with van der Waals surface area (Å²) in [5.74, 6) is -0.168. The third-order valence-corrected chi connectivity index (χ3v) is 6.31. The molecule has 9 heteroatoms. The topological polar surface area (TPSA) is 91.6 Å². The number of aromatic nitrogens is 3.